The van der Waals surface area contributed by atoms with Gasteiger partial charge < -0.3 is 15.0 Å². The number of amides is 2. The van der Waals surface area contributed by atoms with E-state index in [1.54, 1.807) is 30.6 Å². The van der Waals surface area contributed by atoms with Crippen molar-refractivity contribution < 1.29 is 14.3 Å². The van der Waals surface area contributed by atoms with Crippen molar-refractivity contribution in [3.8, 4) is 5.75 Å². The van der Waals surface area contributed by atoms with E-state index < -0.39 is 0 Å². The predicted molar refractivity (Wildman–Crippen MR) is 130 cm³/mol. The minimum absolute atomic E-state index is 0.0188. The lowest BCUT2D eigenvalue weighted by atomic mass is 9.89. The first-order valence-corrected chi connectivity index (χ1v) is 12.1. The Morgan fingerprint density at radius 1 is 1.09 bits per heavy atom. The molecular weight excluding hydrogens is 434 g/mol. The van der Waals surface area contributed by atoms with E-state index in [1.807, 2.05) is 47.5 Å². The minimum Gasteiger partial charge on any atom is -0.496 e. The lowest BCUT2D eigenvalue weighted by molar-refractivity contribution is 0.0707. The van der Waals surface area contributed by atoms with Crippen LogP contribution >= 0.6 is 11.3 Å². The highest BCUT2D eigenvalue weighted by Crippen LogP contribution is 2.31. The van der Waals surface area contributed by atoms with E-state index in [2.05, 4.69) is 11.4 Å². The molecule has 0 unspecified atom stereocenters. The van der Waals surface area contributed by atoms with E-state index in [4.69, 9.17) is 9.72 Å². The lowest BCUT2D eigenvalue weighted by Crippen LogP contribution is -2.38. The van der Waals surface area contributed by atoms with Crippen LogP contribution in [0.25, 0.3) is 0 Å². The number of likely N-dealkylation sites (tertiary alicyclic amines) is 1. The molecule has 3 aromatic rings. The Balaban J connectivity index is 1.42. The van der Waals surface area contributed by atoms with Gasteiger partial charge in [-0.25, -0.2) is 0 Å². The second kappa shape index (κ2) is 10.6. The van der Waals surface area contributed by atoms with Gasteiger partial charge in [-0.2, -0.15) is 0 Å². The fraction of sp³-hybridized carbons (Fsp3) is 0.346. The molecule has 172 valence electrons. The van der Waals surface area contributed by atoms with Crippen LogP contribution in [0.5, 0.6) is 5.75 Å². The third-order valence-electron chi connectivity index (χ3n) is 6.05. The molecule has 3 heterocycles. The first-order chi connectivity index (χ1) is 16.1. The number of nitrogens with zero attached hydrogens (tertiary/aromatic N) is 2. The standard InChI is InChI=1S/C26H29N3O3S/c1-18-9-10-22(25(30)27-14-11-20-6-5-17-33-20)24(28-18)19-12-15-29(16-13-19)26(31)21-7-3-4-8-23(21)32-2/h3-10,17,19H,11-16H2,1-2H3,(H,27,30). The van der Waals surface area contributed by atoms with E-state index in [1.165, 1.54) is 4.88 Å². The van der Waals surface area contributed by atoms with E-state index in [0.717, 1.165) is 30.7 Å². The third kappa shape index (κ3) is 5.42. The number of benzene rings is 1. The molecule has 2 amide bonds. The fourth-order valence-corrected chi connectivity index (χ4v) is 4.99. The van der Waals surface area contributed by atoms with Crippen LogP contribution in [-0.2, 0) is 6.42 Å². The van der Waals surface area contributed by atoms with Crippen molar-refractivity contribution in [2.75, 3.05) is 26.7 Å². The quantitative estimate of drug-likeness (QED) is 0.562. The molecule has 7 heteroatoms. The van der Waals surface area contributed by atoms with E-state index in [0.29, 0.717) is 36.5 Å². The maximum absolute atomic E-state index is 13.0. The summed E-state index contributed by atoms with van der Waals surface area (Å²) in [7, 11) is 1.58. The second-order valence-corrected chi connectivity index (χ2v) is 9.27. The number of nitrogens with one attached hydrogen (secondary N) is 1. The van der Waals surface area contributed by atoms with Crippen LogP contribution in [0.4, 0.5) is 0 Å². The zero-order valence-electron chi connectivity index (χ0n) is 19.0. The summed E-state index contributed by atoms with van der Waals surface area (Å²) in [5.41, 5.74) is 2.96. The van der Waals surface area contributed by atoms with Crippen LogP contribution in [0.1, 0.15) is 55.7 Å². The molecule has 1 fully saturated rings. The first-order valence-electron chi connectivity index (χ1n) is 11.3. The summed E-state index contributed by atoms with van der Waals surface area (Å²) in [6.07, 6.45) is 2.36. The molecule has 0 saturated carbocycles. The Hall–Kier alpha value is -3.19. The molecule has 1 N–H and O–H groups in total. The van der Waals surface area contributed by atoms with Crippen molar-refractivity contribution in [3.05, 3.63) is 81.3 Å². The molecule has 4 rings (SSSR count). The summed E-state index contributed by atoms with van der Waals surface area (Å²) < 4.78 is 5.36. The van der Waals surface area contributed by atoms with Gasteiger partial charge in [0.05, 0.1) is 23.9 Å². The molecule has 0 radical (unpaired) electrons. The van der Waals surface area contributed by atoms with Crippen LogP contribution in [0.15, 0.2) is 53.9 Å². The molecule has 1 saturated heterocycles. The molecular formula is C26H29N3O3S. The fourth-order valence-electron chi connectivity index (χ4n) is 4.28. The van der Waals surface area contributed by atoms with Crippen molar-refractivity contribution in [1.29, 1.82) is 0 Å². The van der Waals surface area contributed by atoms with Gasteiger partial charge in [0, 0.05) is 36.1 Å². The second-order valence-electron chi connectivity index (χ2n) is 8.24. The molecule has 1 aliphatic rings. The number of ether oxygens (including phenoxy) is 1. The number of rotatable bonds is 7. The number of para-hydroxylation sites is 1. The first kappa shape index (κ1) is 23.0. The third-order valence-corrected chi connectivity index (χ3v) is 6.99. The average Bonchev–Trinajstić information content (AvgIpc) is 3.37. The number of piperidine rings is 1. The SMILES string of the molecule is COc1ccccc1C(=O)N1CCC(c2nc(C)ccc2C(=O)NCCc2cccs2)CC1. The van der Waals surface area contributed by atoms with Crippen molar-refractivity contribution in [1.82, 2.24) is 15.2 Å². The monoisotopic (exact) mass is 463 g/mol. The number of carbonyl (C=O) groups excluding carboxylic acids is 2. The van der Waals surface area contributed by atoms with Crippen molar-refractivity contribution >= 4 is 23.2 Å². The van der Waals surface area contributed by atoms with E-state index in [9.17, 15) is 9.59 Å². The molecule has 0 atom stereocenters. The summed E-state index contributed by atoms with van der Waals surface area (Å²) in [6.45, 7) is 3.79. The Bertz CT molecular complexity index is 1110. The number of carbonyl (C=O) groups is 2. The number of thiophene rings is 1. The summed E-state index contributed by atoms with van der Waals surface area (Å²) in [4.78, 5) is 33.9. The maximum Gasteiger partial charge on any atom is 0.257 e. The van der Waals surface area contributed by atoms with Crippen LogP contribution in [0.2, 0.25) is 0 Å². The molecule has 1 aliphatic heterocycles. The van der Waals surface area contributed by atoms with Crippen molar-refractivity contribution in [2.45, 2.75) is 32.1 Å². The van der Waals surface area contributed by atoms with Crippen LogP contribution in [-0.4, -0.2) is 48.4 Å². The summed E-state index contributed by atoms with van der Waals surface area (Å²) in [5, 5.41) is 5.09. The largest absolute Gasteiger partial charge is 0.496 e. The summed E-state index contributed by atoms with van der Waals surface area (Å²) in [5.74, 6) is 0.632. The lowest BCUT2D eigenvalue weighted by Gasteiger charge is -2.32. The Kier molecular flexibility index (Phi) is 7.40. The van der Waals surface area contributed by atoms with Gasteiger partial charge in [-0.15, -0.1) is 11.3 Å². The smallest absolute Gasteiger partial charge is 0.257 e. The van der Waals surface area contributed by atoms with Crippen molar-refractivity contribution in [3.63, 3.8) is 0 Å². The van der Waals surface area contributed by atoms with Gasteiger partial charge in [0.2, 0.25) is 0 Å². The molecule has 0 bridgehead atoms. The number of hydrogen-bond donors (Lipinski definition) is 1. The average molecular weight is 464 g/mol. The number of pyridine rings is 1. The number of methoxy groups -OCH3 is 1. The van der Waals surface area contributed by atoms with Gasteiger partial charge >= 0.3 is 0 Å². The minimum atomic E-state index is -0.0819. The zero-order valence-corrected chi connectivity index (χ0v) is 19.9. The highest BCUT2D eigenvalue weighted by atomic mass is 32.1. The van der Waals surface area contributed by atoms with Gasteiger partial charge in [-0.05, 0) is 61.9 Å². The van der Waals surface area contributed by atoms with Gasteiger partial charge in [0.15, 0.2) is 0 Å². The molecule has 33 heavy (non-hydrogen) atoms. The maximum atomic E-state index is 13.0. The normalized spacial score (nSPS) is 14.2. The topological polar surface area (TPSA) is 71.5 Å². The Morgan fingerprint density at radius 3 is 2.61 bits per heavy atom. The Labute approximate surface area is 198 Å². The highest BCUT2D eigenvalue weighted by molar-refractivity contribution is 7.09. The van der Waals surface area contributed by atoms with Crippen molar-refractivity contribution in [2.24, 2.45) is 0 Å². The van der Waals surface area contributed by atoms with Crippen LogP contribution < -0.4 is 10.1 Å². The number of aryl methyl sites for hydroxylation is 1. The van der Waals surface area contributed by atoms with Gasteiger partial charge in [0.25, 0.3) is 11.8 Å². The van der Waals surface area contributed by atoms with Gasteiger partial charge in [-0.1, -0.05) is 18.2 Å². The van der Waals surface area contributed by atoms with Gasteiger partial charge in [0.1, 0.15) is 5.75 Å². The predicted octanol–water partition coefficient (Wildman–Crippen LogP) is 4.45. The summed E-state index contributed by atoms with van der Waals surface area (Å²) >= 11 is 1.70. The molecule has 0 aliphatic carbocycles. The number of aromatic nitrogens is 1. The molecule has 1 aromatic carbocycles. The Morgan fingerprint density at radius 2 is 1.88 bits per heavy atom. The summed E-state index contributed by atoms with van der Waals surface area (Å²) in [6, 6.07) is 15.2. The molecule has 6 nitrogen and oxygen atoms in total. The van der Waals surface area contributed by atoms with Gasteiger partial charge in [-0.3, -0.25) is 14.6 Å². The van der Waals surface area contributed by atoms with Crippen LogP contribution in [0, 0.1) is 6.92 Å². The molecule has 2 aromatic heterocycles. The van der Waals surface area contributed by atoms with Crippen LogP contribution in [0.3, 0.4) is 0 Å². The van der Waals surface area contributed by atoms with E-state index in [-0.39, 0.29) is 17.7 Å². The zero-order chi connectivity index (χ0) is 23.2. The van der Waals surface area contributed by atoms with E-state index >= 15 is 0 Å². The molecule has 0 spiro atoms. The highest BCUT2D eigenvalue weighted by Gasteiger charge is 2.29. The number of hydrogen-bond acceptors (Lipinski definition) is 5.